The zero-order valence-corrected chi connectivity index (χ0v) is 13.1. The second-order valence-electron chi connectivity index (χ2n) is 6.16. The first-order valence-corrected chi connectivity index (χ1v) is 8.12. The molecule has 1 saturated heterocycles. The van der Waals surface area contributed by atoms with Crippen LogP contribution < -0.4 is 9.80 Å². The molecule has 2 aromatic rings. The number of hydrogen-bond donors (Lipinski definition) is 0. The minimum absolute atomic E-state index is 0.0601. The van der Waals surface area contributed by atoms with Crippen LogP contribution in [0, 0.1) is 5.82 Å². The Kier molecular flexibility index (Phi) is 3.56. The summed E-state index contributed by atoms with van der Waals surface area (Å²) in [5.41, 5.74) is 2.66. The summed E-state index contributed by atoms with van der Waals surface area (Å²) in [7, 11) is 0. The molecule has 0 N–H and O–H groups in total. The van der Waals surface area contributed by atoms with Gasteiger partial charge in [0, 0.05) is 24.3 Å². The largest absolute Gasteiger partial charge is 0.310 e. The summed E-state index contributed by atoms with van der Waals surface area (Å²) in [5, 5.41) is 0. The summed E-state index contributed by atoms with van der Waals surface area (Å²) in [4.78, 5) is 28.7. The van der Waals surface area contributed by atoms with Crippen molar-refractivity contribution >= 4 is 23.2 Å². The van der Waals surface area contributed by atoms with Crippen LogP contribution in [0.3, 0.4) is 0 Å². The first kappa shape index (κ1) is 14.9. The van der Waals surface area contributed by atoms with Gasteiger partial charge in [0.25, 0.3) is 0 Å². The van der Waals surface area contributed by atoms with Gasteiger partial charge in [-0.25, -0.2) is 4.39 Å². The third kappa shape index (κ3) is 2.37. The van der Waals surface area contributed by atoms with Gasteiger partial charge in [-0.15, -0.1) is 0 Å². The van der Waals surface area contributed by atoms with Gasteiger partial charge in [-0.3, -0.25) is 14.5 Å². The number of halogens is 1. The summed E-state index contributed by atoms with van der Waals surface area (Å²) in [5.74, 6) is -0.510. The van der Waals surface area contributed by atoms with E-state index in [1.165, 1.54) is 17.0 Å². The van der Waals surface area contributed by atoms with E-state index in [1.54, 1.807) is 17.0 Å². The first-order chi connectivity index (χ1) is 11.6. The topological polar surface area (TPSA) is 40.6 Å². The molecule has 2 amide bonds. The van der Waals surface area contributed by atoms with E-state index in [1.807, 2.05) is 24.3 Å². The van der Waals surface area contributed by atoms with E-state index in [9.17, 15) is 14.0 Å². The molecule has 0 radical (unpaired) electrons. The van der Waals surface area contributed by atoms with E-state index in [0.29, 0.717) is 25.1 Å². The third-order valence-electron chi connectivity index (χ3n) is 4.76. The van der Waals surface area contributed by atoms with Crippen LogP contribution in [0.5, 0.6) is 0 Å². The van der Waals surface area contributed by atoms with Crippen molar-refractivity contribution in [1.29, 1.82) is 0 Å². The molecule has 2 heterocycles. The Morgan fingerprint density at radius 2 is 1.79 bits per heavy atom. The molecular formula is C19H17FN2O2. The average Bonchev–Trinajstić information content (AvgIpc) is 3.19. The van der Waals surface area contributed by atoms with Crippen molar-refractivity contribution in [2.24, 2.45) is 0 Å². The number of amides is 2. The number of rotatable bonds is 2. The van der Waals surface area contributed by atoms with Crippen LogP contribution >= 0.6 is 0 Å². The van der Waals surface area contributed by atoms with Crippen LogP contribution in [0.4, 0.5) is 15.8 Å². The van der Waals surface area contributed by atoms with Crippen molar-refractivity contribution in [2.45, 2.75) is 25.3 Å². The van der Waals surface area contributed by atoms with Gasteiger partial charge in [0.2, 0.25) is 11.8 Å². The van der Waals surface area contributed by atoms with Gasteiger partial charge in [0.05, 0.1) is 0 Å². The Bertz CT molecular complexity index is 803. The van der Waals surface area contributed by atoms with Crippen LogP contribution in [0.25, 0.3) is 0 Å². The van der Waals surface area contributed by atoms with Crippen LogP contribution in [-0.2, 0) is 16.0 Å². The number of nitrogens with zero attached hydrogens (tertiary/aromatic N) is 2. The number of anilines is 2. The highest BCUT2D eigenvalue weighted by Gasteiger charge is 2.40. The maximum absolute atomic E-state index is 13.2. The molecule has 5 heteroatoms. The lowest BCUT2D eigenvalue weighted by Crippen LogP contribution is -2.46. The minimum Gasteiger partial charge on any atom is -0.310 e. The van der Waals surface area contributed by atoms with Crippen LogP contribution in [0.1, 0.15) is 18.4 Å². The van der Waals surface area contributed by atoms with E-state index in [4.69, 9.17) is 0 Å². The van der Waals surface area contributed by atoms with Crippen LogP contribution in [0.15, 0.2) is 48.5 Å². The zero-order valence-electron chi connectivity index (χ0n) is 13.1. The molecule has 4 nitrogen and oxygen atoms in total. The number of carbonyl (C=O) groups excluding carboxylic acids is 2. The molecule has 0 bridgehead atoms. The molecule has 1 unspecified atom stereocenters. The summed E-state index contributed by atoms with van der Waals surface area (Å²) in [6.07, 6.45) is 1.66. The normalized spacial score (nSPS) is 19.7. The molecule has 0 spiro atoms. The smallest absolute Gasteiger partial charge is 0.250 e. The van der Waals surface area contributed by atoms with E-state index in [0.717, 1.165) is 17.7 Å². The van der Waals surface area contributed by atoms with Crippen molar-refractivity contribution in [3.05, 3.63) is 59.9 Å². The molecule has 0 saturated carbocycles. The quantitative estimate of drug-likeness (QED) is 0.852. The van der Waals surface area contributed by atoms with Gasteiger partial charge in [-0.2, -0.15) is 0 Å². The standard InChI is InChI=1S/C19H17FN2O2/c20-14-5-7-15(8-6-14)22-17(9-10-18(22)23)19(24)21-12-11-13-3-1-2-4-16(13)21/h1-8,17H,9-12H2. The zero-order chi connectivity index (χ0) is 16.7. The van der Waals surface area contributed by atoms with Crippen LogP contribution in [0.2, 0.25) is 0 Å². The monoisotopic (exact) mass is 324 g/mol. The second-order valence-corrected chi connectivity index (χ2v) is 6.16. The molecule has 2 aliphatic rings. The molecule has 122 valence electrons. The molecule has 1 atom stereocenters. The van der Waals surface area contributed by atoms with Crippen molar-refractivity contribution in [1.82, 2.24) is 0 Å². The highest BCUT2D eigenvalue weighted by molar-refractivity contribution is 6.09. The summed E-state index contributed by atoms with van der Waals surface area (Å²) in [6, 6.07) is 13.1. The predicted octanol–water partition coefficient (Wildman–Crippen LogP) is 2.91. The molecule has 0 aliphatic carbocycles. The highest BCUT2D eigenvalue weighted by Crippen LogP contribution is 2.33. The fraction of sp³-hybridized carbons (Fsp3) is 0.263. The highest BCUT2D eigenvalue weighted by atomic mass is 19.1. The van der Waals surface area contributed by atoms with Gasteiger partial charge in [0.15, 0.2) is 0 Å². The van der Waals surface area contributed by atoms with E-state index < -0.39 is 6.04 Å². The lowest BCUT2D eigenvalue weighted by Gasteiger charge is -2.28. The summed E-state index contributed by atoms with van der Waals surface area (Å²) in [6.45, 7) is 0.639. The SMILES string of the molecule is O=C(C1CCC(=O)N1c1ccc(F)cc1)N1CCc2ccccc21. The predicted molar refractivity (Wildman–Crippen MR) is 89.4 cm³/mol. The Labute approximate surface area is 139 Å². The molecule has 2 aliphatic heterocycles. The van der Waals surface area contributed by atoms with E-state index in [2.05, 4.69) is 0 Å². The maximum Gasteiger partial charge on any atom is 0.250 e. The fourth-order valence-electron chi connectivity index (χ4n) is 3.59. The van der Waals surface area contributed by atoms with Gasteiger partial charge in [-0.1, -0.05) is 18.2 Å². The van der Waals surface area contributed by atoms with E-state index in [-0.39, 0.29) is 17.6 Å². The number of benzene rings is 2. The third-order valence-corrected chi connectivity index (χ3v) is 4.76. The molecule has 0 aromatic heterocycles. The van der Waals surface area contributed by atoms with Crippen molar-refractivity contribution in [3.8, 4) is 0 Å². The second kappa shape index (κ2) is 5.74. The van der Waals surface area contributed by atoms with Crippen molar-refractivity contribution < 1.29 is 14.0 Å². The Morgan fingerprint density at radius 1 is 1.04 bits per heavy atom. The van der Waals surface area contributed by atoms with Crippen molar-refractivity contribution in [3.63, 3.8) is 0 Å². The van der Waals surface area contributed by atoms with Gasteiger partial charge in [0.1, 0.15) is 11.9 Å². The molecule has 2 aromatic carbocycles. The minimum atomic E-state index is -0.519. The lowest BCUT2D eigenvalue weighted by molar-refractivity contribution is -0.122. The van der Waals surface area contributed by atoms with Crippen LogP contribution in [-0.4, -0.2) is 24.4 Å². The molecule has 4 rings (SSSR count). The number of hydrogen-bond acceptors (Lipinski definition) is 2. The van der Waals surface area contributed by atoms with Gasteiger partial charge < -0.3 is 4.90 Å². The average molecular weight is 324 g/mol. The molecule has 1 fully saturated rings. The summed E-state index contributed by atoms with van der Waals surface area (Å²) < 4.78 is 13.2. The molecule has 24 heavy (non-hydrogen) atoms. The Hall–Kier alpha value is -2.69. The Morgan fingerprint density at radius 3 is 2.58 bits per heavy atom. The first-order valence-electron chi connectivity index (χ1n) is 8.12. The summed E-state index contributed by atoms with van der Waals surface area (Å²) >= 11 is 0. The lowest BCUT2D eigenvalue weighted by atomic mass is 10.1. The Balaban J connectivity index is 1.64. The maximum atomic E-state index is 13.2. The van der Waals surface area contributed by atoms with E-state index >= 15 is 0 Å². The van der Waals surface area contributed by atoms with Gasteiger partial charge in [-0.05, 0) is 48.7 Å². The number of fused-ring (bicyclic) bond motifs is 1. The van der Waals surface area contributed by atoms with Crippen molar-refractivity contribution in [2.75, 3.05) is 16.3 Å². The number of para-hydroxylation sites is 1. The molecular weight excluding hydrogens is 307 g/mol. The van der Waals surface area contributed by atoms with Gasteiger partial charge >= 0.3 is 0 Å². The fourth-order valence-corrected chi connectivity index (χ4v) is 3.59. The number of carbonyl (C=O) groups is 2.